The lowest BCUT2D eigenvalue weighted by Crippen LogP contribution is -2.06. The summed E-state index contributed by atoms with van der Waals surface area (Å²) in [5, 5.41) is 1.19. The number of pyridine rings is 1. The highest BCUT2D eigenvalue weighted by Crippen LogP contribution is 2.32. The predicted molar refractivity (Wildman–Crippen MR) is 76.1 cm³/mol. The van der Waals surface area contributed by atoms with E-state index in [9.17, 15) is 0 Å². The van der Waals surface area contributed by atoms with E-state index in [4.69, 9.17) is 4.74 Å². The van der Waals surface area contributed by atoms with Gasteiger partial charge in [0.25, 0.3) is 0 Å². The van der Waals surface area contributed by atoms with E-state index in [1.165, 1.54) is 5.39 Å². The van der Waals surface area contributed by atoms with Gasteiger partial charge in [-0.05, 0) is 25.1 Å². The number of para-hydroxylation sites is 1. The number of aromatic amines is 1. The molecule has 0 radical (unpaired) electrons. The fraction of sp³-hybridized carbons (Fsp3) is 0.188. The number of fused-ring (bicyclic) bond motifs is 1. The molecule has 19 heavy (non-hydrogen) atoms. The van der Waals surface area contributed by atoms with E-state index in [1.807, 2.05) is 30.3 Å². The smallest absolute Gasteiger partial charge is 0.126 e. The van der Waals surface area contributed by atoms with Gasteiger partial charge in [-0.15, -0.1) is 0 Å². The number of H-pyrrole nitrogens is 1. The molecule has 3 heteroatoms. The molecule has 3 nitrogen and oxygen atoms in total. The van der Waals surface area contributed by atoms with Crippen LogP contribution in [0.3, 0.4) is 0 Å². The summed E-state index contributed by atoms with van der Waals surface area (Å²) in [6, 6.07) is 14.2. The lowest BCUT2D eigenvalue weighted by molar-refractivity contribution is 0.133. The van der Waals surface area contributed by atoms with Crippen LogP contribution in [0.1, 0.15) is 23.1 Å². The van der Waals surface area contributed by atoms with Gasteiger partial charge in [0.2, 0.25) is 0 Å². The van der Waals surface area contributed by atoms with E-state index in [1.54, 1.807) is 13.3 Å². The first-order chi connectivity index (χ1) is 9.31. The summed E-state index contributed by atoms with van der Waals surface area (Å²) in [6.45, 7) is 2.07. The second-order valence-electron chi connectivity index (χ2n) is 4.58. The molecule has 3 aromatic rings. The van der Waals surface area contributed by atoms with Gasteiger partial charge in [0.1, 0.15) is 6.10 Å². The molecule has 1 atom stereocenters. The van der Waals surface area contributed by atoms with Gasteiger partial charge >= 0.3 is 0 Å². The lowest BCUT2D eigenvalue weighted by atomic mass is 10.0. The molecular formula is C16H16N2O. The van der Waals surface area contributed by atoms with Gasteiger partial charge in [0, 0.05) is 35.5 Å². The Morgan fingerprint density at radius 3 is 2.63 bits per heavy atom. The number of rotatable bonds is 3. The molecule has 3 rings (SSSR count). The summed E-state index contributed by atoms with van der Waals surface area (Å²) in [5.41, 5.74) is 4.35. The molecule has 1 aromatic carbocycles. The van der Waals surface area contributed by atoms with Gasteiger partial charge in [-0.25, -0.2) is 0 Å². The Kier molecular flexibility index (Phi) is 3.05. The minimum absolute atomic E-state index is 0.141. The Morgan fingerprint density at radius 1 is 1.11 bits per heavy atom. The number of ether oxygens (including phenoxy) is 1. The van der Waals surface area contributed by atoms with Crippen LogP contribution in [-0.2, 0) is 4.74 Å². The molecule has 1 N–H and O–H groups in total. The molecule has 0 aliphatic heterocycles. The predicted octanol–water partition coefficient (Wildman–Crippen LogP) is 3.61. The first kappa shape index (κ1) is 11.9. The highest BCUT2D eigenvalue weighted by atomic mass is 16.5. The van der Waals surface area contributed by atoms with E-state index in [-0.39, 0.29) is 6.10 Å². The zero-order chi connectivity index (χ0) is 13.2. The van der Waals surface area contributed by atoms with Gasteiger partial charge in [0.15, 0.2) is 0 Å². The van der Waals surface area contributed by atoms with Crippen molar-refractivity contribution in [2.75, 3.05) is 7.11 Å². The molecule has 2 heterocycles. The van der Waals surface area contributed by atoms with E-state index >= 15 is 0 Å². The minimum Gasteiger partial charge on any atom is -0.370 e. The summed E-state index contributed by atoms with van der Waals surface area (Å²) in [6.07, 6.45) is 1.66. The standard InChI is InChI=1S/C16H16N2O/c1-11-15(12-7-3-4-8-13(12)18-11)16(19-2)14-9-5-6-10-17-14/h3-10,16,18H,1-2H3. The van der Waals surface area contributed by atoms with Crippen molar-refractivity contribution >= 4 is 10.9 Å². The highest BCUT2D eigenvalue weighted by molar-refractivity contribution is 5.85. The van der Waals surface area contributed by atoms with Crippen LogP contribution in [0, 0.1) is 6.92 Å². The van der Waals surface area contributed by atoms with Crippen LogP contribution in [0.25, 0.3) is 10.9 Å². The number of aromatic nitrogens is 2. The van der Waals surface area contributed by atoms with Gasteiger partial charge in [0.05, 0.1) is 5.69 Å². The third-order valence-corrected chi connectivity index (χ3v) is 3.40. The number of hydrogen-bond donors (Lipinski definition) is 1. The van der Waals surface area contributed by atoms with Gasteiger partial charge in [-0.1, -0.05) is 24.3 Å². The largest absolute Gasteiger partial charge is 0.370 e. The second-order valence-corrected chi connectivity index (χ2v) is 4.58. The molecule has 0 aliphatic rings. The van der Waals surface area contributed by atoms with Crippen LogP contribution in [0.4, 0.5) is 0 Å². The van der Waals surface area contributed by atoms with Crippen molar-refractivity contribution in [3.63, 3.8) is 0 Å². The maximum absolute atomic E-state index is 5.69. The first-order valence-electron chi connectivity index (χ1n) is 6.32. The zero-order valence-electron chi connectivity index (χ0n) is 11.1. The van der Waals surface area contributed by atoms with Crippen molar-refractivity contribution in [1.29, 1.82) is 0 Å². The van der Waals surface area contributed by atoms with Gasteiger partial charge < -0.3 is 9.72 Å². The van der Waals surface area contributed by atoms with Crippen molar-refractivity contribution in [1.82, 2.24) is 9.97 Å². The lowest BCUT2D eigenvalue weighted by Gasteiger charge is -2.15. The molecule has 1 unspecified atom stereocenters. The Bertz CT molecular complexity index is 688. The molecule has 0 saturated carbocycles. The van der Waals surface area contributed by atoms with Crippen LogP contribution < -0.4 is 0 Å². The van der Waals surface area contributed by atoms with Gasteiger partial charge in [-0.2, -0.15) is 0 Å². The van der Waals surface area contributed by atoms with Crippen molar-refractivity contribution in [3.8, 4) is 0 Å². The molecule has 0 spiro atoms. The normalized spacial score (nSPS) is 12.7. The average molecular weight is 252 g/mol. The van der Waals surface area contributed by atoms with Crippen molar-refractivity contribution in [3.05, 3.63) is 65.6 Å². The Hall–Kier alpha value is -2.13. The summed E-state index contributed by atoms with van der Waals surface area (Å²) in [5.74, 6) is 0. The first-order valence-corrected chi connectivity index (χ1v) is 6.32. The van der Waals surface area contributed by atoms with Crippen molar-refractivity contribution < 1.29 is 4.74 Å². The zero-order valence-corrected chi connectivity index (χ0v) is 11.1. The van der Waals surface area contributed by atoms with E-state index in [2.05, 4.69) is 29.0 Å². The molecule has 0 aliphatic carbocycles. The van der Waals surface area contributed by atoms with Crippen LogP contribution in [0.15, 0.2) is 48.7 Å². The number of nitrogens with one attached hydrogen (secondary N) is 1. The third-order valence-electron chi connectivity index (χ3n) is 3.40. The third kappa shape index (κ3) is 2.02. The summed E-state index contributed by atoms with van der Waals surface area (Å²) < 4.78 is 5.69. The van der Waals surface area contributed by atoms with Crippen LogP contribution in [-0.4, -0.2) is 17.1 Å². The monoisotopic (exact) mass is 252 g/mol. The van der Waals surface area contributed by atoms with Crippen LogP contribution >= 0.6 is 0 Å². The second kappa shape index (κ2) is 4.86. The summed E-state index contributed by atoms with van der Waals surface area (Å²) in [4.78, 5) is 7.82. The van der Waals surface area contributed by atoms with Crippen LogP contribution in [0.5, 0.6) is 0 Å². The fourth-order valence-electron chi connectivity index (χ4n) is 2.55. The Morgan fingerprint density at radius 2 is 1.89 bits per heavy atom. The molecular weight excluding hydrogens is 236 g/mol. The maximum Gasteiger partial charge on any atom is 0.126 e. The number of methoxy groups -OCH3 is 1. The number of benzene rings is 1. The molecule has 0 bridgehead atoms. The van der Waals surface area contributed by atoms with E-state index < -0.39 is 0 Å². The minimum atomic E-state index is -0.141. The van der Waals surface area contributed by atoms with Gasteiger partial charge in [-0.3, -0.25) is 4.98 Å². The van der Waals surface area contributed by atoms with Crippen molar-refractivity contribution in [2.45, 2.75) is 13.0 Å². The van der Waals surface area contributed by atoms with Crippen molar-refractivity contribution in [2.24, 2.45) is 0 Å². The molecule has 0 fully saturated rings. The Balaban J connectivity index is 2.19. The number of hydrogen-bond acceptors (Lipinski definition) is 2. The molecule has 0 saturated heterocycles. The highest BCUT2D eigenvalue weighted by Gasteiger charge is 2.20. The van der Waals surface area contributed by atoms with Crippen LogP contribution in [0.2, 0.25) is 0 Å². The average Bonchev–Trinajstić information content (AvgIpc) is 2.78. The molecule has 96 valence electrons. The Labute approximate surface area is 112 Å². The van der Waals surface area contributed by atoms with E-state index in [0.717, 1.165) is 22.5 Å². The fourth-order valence-corrected chi connectivity index (χ4v) is 2.55. The molecule has 0 amide bonds. The topological polar surface area (TPSA) is 37.9 Å². The maximum atomic E-state index is 5.69. The number of aryl methyl sites for hydroxylation is 1. The summed E-state index contributed by atoms with van der Waals surface area (Å²) >= 11 is 0. The quantitative estimate of drug-likeness (QED) is 0.773. The van der Waals surface area contributed by atoms with E-state index in [0.29, 0.717) is 0 Å². The molecule has 2 aromatic heterocycles. The SMILES string of the molecule is COC(c1ccccn1)c1c(C)[nH]c2ccccc12. The summed E-state index contributed by atoms with van der Waals surface area (Å²) in [7, 11) is 1.72. The number of nitrogens with zero attached hydrogens (tertiary/aromatic N) is 1.